The molecule has 9 nitrogen and oxygen atoms in total. The van der Waals surface area contributed by atoms with Crippen LogP contribution in [-0.2, 0) is 27.2 Å². The van der Waals surface area contributed by atoms with Gasteiger partial charge in [0.05, 0.1) is 17.2 Å². The van der Waals surface area contributed by atoms with Crippen LogP contribution in [0.3, 0.4) is 0 Å². The molecule has 236 valence electrons. The SMILES string of the molecule is COCOC1=C2C(=O)c3c(O)cc(CN(CCC(C)C)CC4CC4)c(Cl)c3C[C@H]2C[C@@H]2C1CC(C(N)=O)=C(O)[C@H]2N(C)C. The number of benzene rings is 1. The molecular weight excluding hydrogens is 570 g/mol. The third-order valence-electron chi connectivity index (χ3n) is 9.66. The lowest BCUT2D eigenvalue weighted by Gasteiger charge is -2.48. The topological polar surface area (TPSA) is 126 Å². The fourth-order valence-electron chi connectivity index (χ4n) is 7.43. The maximum atomic E-state index is 14.3. The number of fused-ring (bicyclic) bond motifs is 3. The Hall–Kier alpha value is -2.59. The highest BCUT2D eigenvalue weighted by atomic mass is 35.5. The second-order valence-corrected chi connectivity index (χ2v) is 13.9. The van der Waals surface area contributed by atoms with E-state index in [2.05, 4.69) is 18.7 Å². The normalized spacial score (nSPS) is 25.4. The molecule has 4 aliphatic carbocycles. The lowest BCUT2D eigenvalue weighted by molar-refractivity contribution is -0.115. The van der Waals surface area contributed by atoms with Crippen LogP contribution in [-0.4, -0.2) is 78.8 Å². The summed E-state index contributed by atoms with van der Waals surface area (Å²) in [6.45, 7) is 6.95. The van der Waals surface area contributed by atoms with Crippen LogP contribution in [0.15, 0.2) is 28.7 Å². The van der Waals surface area contributed by atoms with E-state index < -0.39 is 11.9 Å². The van der Waals surface area contributed by atoms with E-state index in [-0.39, 0.29) is 59.4 Å². The van der Waals surface area contributed by atoms with Crippen molar-refractivity contribution in [3.8, 4) is 5.75 Å². The number of nitrogens with zero attached hydrogens (tertiary/aromatic N) is 2. The number of hydrogen-bond donors (Lipinski definition) is 3. The number of aromatic hydroxyl groups is 1. The molecule has 4 atom stereocenters. The molecule has 4 aliphatic rings. The Bertz CT molecular complexity index is 1330. The molecule has 0 spiro atoms. The van der Waals surface area contributed by atoms with Gasteiger partial charge in [-0.05, 0) is 100 Å². The molecule has 0 aromatic heterocycles. The van der Waals surface area contributed by atoms with Crippen LogP contribution in [0.4, 0.5) is 0 Å². The van der Waals surface area contributed by atoms with Crippen LogP contribution in [0.5, 0.6) is 5.75 Å². The fraction of sp³-hybridized carbons (Fsp3) is 0.636. The van der Waals surface area contributed by atoms with Gasteiger partial charge in [-0.2, -0.15) is 0 Å². The first kappa shape index (κ1) is 31.8. The largest absolute Gasteiger partial charge is 0.510 e. The van der Waals surface area contributed by atoms with Crippen molar-refractivity contribution in [1.29, 1.82) is 0 Å². The van der Waals surface area contributed by atoms with E-state index in [4.69, 9.17) is 26.8 Å². The zero-order valence-electron chi connectivity index (χ0n) is 26.0. The van der Waals surface area contributed by atoms with Crippen LogP contribution in [0.2, 0.25) is 5.02 Å². The maximum Gasteiger partial charge on any atom is 0.248 e. The van der Waals surface area contributed by atoms with Gasteiger partial charge in [0.25, 0.3) is 0 Å². The van der Waals surface area contributed by atoms with Gasteiger partial charge in [-0.3, -0.25) is 19.4 Å². The Morgan fingerprint density at radius 3 is 2.53 bits per heavy atom. The number of phenolic OH excluding ortho intramolecular Hbond substituents is 1. The van der Waals surface area contributed by atoms with Gasteiger partial charge in [0.2, 0.25) is 5.91 Å². The molecule has 0 heterocycles. The number of primary amides is 1. The van der Waals surface area contributed by atoms with Crippen molar-refractivity contribution in [3.63, 3.8) is 0 Å². The van der Waals surface area contributed by atoms with Crippen molar-refractivity contribution in [1.82, 2.24) is 9.80 Å². The molecule has 1 aromatic carbocycles. The van der Waals surface area contributed by atoms with E-state index in [9.17, 15) is 19.8 Å². The smallest absolute Gasteiger partial charge is 0.248 e. The zero-order valence-corrected chi connectivity index (χ0v) is 26.7. The van der Waals surface area contributed by atoms with E-state index in [1.54, 1.807) is 6.07 Å². The number of amides is 1. The number of phenols is 1. The van der Waals surface area contributed by atoms with Gasteiger partial charge in [0.15, 0.2) is 12.6 Å². The number of halogens is 1. The molecule has 4 N–H and O–H groups in total. The molecule has 0 radical (unpaired) electrons. The van der Waals surface area contributed by atoms with Gasteiger partial charge in [-0.15, -0.1) is 0 Å². The van der Waals surface area contributed by atoms with Crippen LogP contribution < -0.4 is 5.73 Å². The summed E-state index contributed by atoms with van der Waals surface area (Å²) in [5, 5.41) is 23.0. The molecule has 1 unspecified atom stereocenters. The summed E-state index contributed by atoms with van der Waals surface area (Å²) < 4.78 is 11.4. The van der Waals surface area contributed by atoms with Gasteiger partial charge in [0.1, 0.15) is 17.3 Å². The Labute approximate surface area is 259 Å². The van der Waals surface area contributed by atoms with Gasteiger partial charge in [-0.1, -0.05) is 25.4 Å². The van der Waals surface area contributed by atoms with Crippen LogP contribution >= 0.6 is 11.6 Å². The first-order valence-corrected chi connectivity index (χ1v) is 15.8. The van der Waals surface area contributed by atoms with Crippen molar-refractivity contribution in [3.05, 3.63) is 50.4 Å². The minimum absolute atomic E-state index is 0.0223. The first-order valence-electron chi connectivity index (χ1n) is 15.5. The van der Waals surface area contributed by atoms with Crippen molar-refractivity contribution in [2.75, 3.05) is 41.1 Å². The highest BCUT2D eigenvalue weighted by Gasteiger charge is 2.51. The predicted octanol–water partition coefficient (Wildman–Crippen LogP) is 4.80. The van der Waals surface area contributed by atoms with E-state index in [0.29, 0.717) is 53.1 Å². The number of likely N-dealkylation sites (N-methyl/N-ethyl adjacent to an activating group) is 1. The molecule has 5 rings (SSSR count). The molecular formula is C33H46ClN3O6. The molecule has 1 saturated carbocycles. The standard InChI is InChI=1S/C33H46ClN3O6/c1-17(2)8-9-37(14-18-6-7-18)15-20-12-25(38)27-23(28(20)34)11-19-10-21-22(32(43-16-42-5)26(19)31(27)40)13-24(33(35)41)30(39)29(21)36(3)4/h12,17-19,21-22,29,38-39H,6-11,13-16H2,1-5H3,(H2,35,41)/t19-,21-,22?,29+/m1/s1. The molecule has 10 heteroatoms. The Kier molecular flexibility index (Phi) is 9.47. The number of ether oxygens (including phenoxy) is 2. The minimum atomic E-state index is -0.692. The lowest BCUT2D eigenvalue weighted by Crippen LogP contribution is -2.50. The molecule has 0 aliphatic heterocycles. The van der Waals surface area contributed by atoms with Gasteiger partial charge < -0.3 is 25.4 Å². The Morgan fingerprint density at radius 2 is 1.93 bits per heavy atom. The third kappa shape index (κ3) is 6.32. The van der Waals surface area contributed by atoms with E-state index in [1.165, 1.54) is 20.0 Å². The van der Waals surface area contributed by atoms with Gasteiger partial charge in [0, 0.05) is 36.7 Å². The molecule has 1 amide bonds. The number of aliphatic hydroxyl groups is 1. The summed E-state index contributed by atoms with van der Waals surface area (Å²) in [6, 6.07) is 1.18. The number of methoxy groups -OCH3 is 1. The van der Waals surface area contributed by atoms with E-state index in [1.807, 2.05) is 19.0 Å². The quantitative estimate of drug-likeness (QED) is 0.286. The van der Waals surface area contributed by atoms with Crippen molar-refractivity contribution in [2.45, 2.75) is 65.0 Å². The van der Waals surface area contributed by atoms with E-state index in [0.717, 1.165) is 25.1 Å². The minimum Gasteiger partial charge on any atom is -0.510 e. The number of ketones is 1. The van der Waals surface area contributed by atoms with Gasteiger partial charge >= 0.3 is 0 Å². The number of nitrogens with two attached hydrogens (primary N) is 1. The zero-order chi connectivity index (χ0) is 31.2. The summed E-state index contributed by atoms with van der Waals surface area (Å²) in [7, 11) is 5.21. The predicted molar refractivity (Wildman–Crippen MR) is 165 cm³/mol. The maximum absolute atomic E-state index is 14.3. The number of aliphatic hydroxyl groups excluding tert-OH is 1. The second kappa shape index (κ2) is 12.8. The van der Waals surface area contributed by atoms with Crippen LogP contribution in [0.1, 0.15) is 67.4 Å². The van der Waals surface area contributed by atoms with Crippen molar-refractivity contribution < 1.29 is 29.3 Å². The summed E-state index contributed by atoms with van der Waals surface area (Å²) in [5.74, 6) is -0.104. The highest BCUT2D eigenvalue weighted by Crippen LogP contribution is 2.53. The number of hydrogen-bond acceptors (Lipinski definition) is 8. The molecule has 0 bridgehead atoms. The average molecular weight is 616 g/mol. The molecule has 1 aromatic rings. The number of carbonyl (C=O) groups excluding carboxylic acids is 2. The van der Waals surface area contributed by atoms with Crippen molar-refractivity contribution >= 4 is 23.3 Å². The van der Waals surface area contributed by atoms with Crippen LogP contribution in [0.25, 0.3) is 0 Å². The lowest BCUT2D eigenvalue weighted by atomic mass is 9.61. The summed E-state index contributed by atoms with van der Waals surface area (Å²) in [6.07, 6.45) is 4.78. The summed E-state index contributed by atoms with van der Waals surface area (Å²) in [5.41, 5.74) is 8.04. The second-order valence-electron chi connectivity index (χ2n) is 13.5. The van der Waals surface area contributed by atoms with E-state index >= 15 is 0 Å². The Balaban J connectivity index is 1.55. The highest BCUT2D eigenvalue weighted by molar-refractivity contribution is 6.33. The number of Topliss-reactive ketones (excluding diaryl/α,β-unsaturated/α-hetero) is 1. The summed E-state index contributed by atoms with van der Waals surface area (Å²) >= 11 is 7.10. The van der Waals surface area contributed by atoms with Crippen molar-refractivity contribution in [2.24, 2.45) is 35.3 Å². The number of rotatable bonds is 12. The van der Waals surface area contributed by atoms with Gasteiger partial charge in [-0.25, -0.2) is 0 Å². The molecule has 0 saturated heterocycles. The number of allylic oxidation sites excluding steroid dienone is 2. The monoisotopic (exact) mass is 615 g/mol. The summed E-state index contributed by atoms with van der Waals surface area (Å²) in [4.78, 5) is 30.9. The molecule has 43 heavy (non-hydrogen) atoms. The average Bonchev–Trinajstić information content (AvgIpc) is 3.75. The number of carbonyl (C=O) groups is 2. The fourth-order valence-corrected chi connectivity index (χ4v) is 7.72. The van der Waals surface area contributed by atoms with Crippen LogP contribution in [0, 0.1) is 29.6 Å². The third-order valence-corrected chi connectivity index (χ3v) is 10.1. The Morgan fingerprint density at radius 1 is 1.21 bits per heavy atom. The molecule has 1 fully saturated rings. The first-order chi connectivity index (χ1) is 20.4.